The van der Waals surface area contributed by atoms with E-state index < -0.39 is 0 Å². The van der Waals surface area contributed by atoms with E-state index in [0.29, 0.717) is 0 Å². The maximum absolute atomic E-state index is 3.64. The molecule has 16 heavy (non-hydrogen) atoms. The van der Waals surface area contributed by atoms with Gasteiger partial charge in [-0.15, -0.1) is 0 Å². The topological polar surface area (TPSA) is 0 Å². The fourth-order valence-corrected chi connectivity index (χ4v) is 2.86. The molecule has 0 radical (unpaired) electrons. The lowest BCUT2D eigenvalue weighted by atomic mass is 10.0. The van der Waals surface area contributed by atoms with Gasteiger partial charge in [0.25, 0.3) is 0 Å². The van der Waals surface area contributed by atoms with Gasteiger partial charge in [-0.25, -0.2) is 0 Å². The first kappa shape index (κ1) is 12.3. The quantitative estimate of drug-likeness (QED) is 0.551. The summed E-state index contributed by atoms with van der Waals surface area (Å²) in [6.45, 7) is 2.10. The van der Waals surface area contributed by atoms with E-state index in [9.17, 15) is 0 Å². The second-order valence-electron chi connectivity index (χ2n) is 3.56. The van der Waals surface area contributed by atoms with Crippen LogP contribution in [0.3, 0.4) is 0 Å². The Hall–Kier alpha value is -0.120. The number of halogens is 3. The van der Waals surface area contributed by atoms with Gasteiger partial charge in [-0.2, -0.15) is 0 Å². The van der Waals surface area contributed by atoms with Gasteiger partial charge in [-0.3, -0.25) is 0 Å². The molecule has 0 fully saturated rings. The van der Waals surface area contributed by atoms with Crippen LogP contribution in [0.25, 0.3) is 11.1 Å². The summed E-state index contributed by atoms with van der Waals surface area (Å²) in [6.07, 6.45) is 0. The van der Waals surface area contributed by atoms with E-state index in [1.165, 1.54) is 16.7 Å². The Kier molecular flexibility index (Phi) is 3.88. The highest BCUT2D eigenvalue weighted by molar-refractivity contribution is 9.11. The standard InChI is InChI=1S/C13H9Br3/c1-8-3-2-4-10(13(8)16)11-7-9(14)5-6-12(11)15/h2-7H,1H3. The molecule has 0 heterocycles. The summed E-state index contributed by atoms with van der Waals surface area (Å²) in [7, 11) is 0. The average Bonchev–Trinajstić information content (AvgIpc) is 2.26. The predicted molar refractivity (Wildman–Crippen MR) is 79.7 cm³/mol. The number of rotatable bonds is 1. The van der Waals surface area contributed by atoms with Crippen molar-refractivity contribution in [2.45, 2.75) is 6.92 Å². The van der Waals surface area contributed by atoms with Crippen molar-refractivity contribution in [2.75, 3.05) is 0 Å². The predicted octanol–water partition coefficient (Wildman–Crippen LogP) is 5.95. The summed E-state index contributed by atoms with van der Waals surface area (Å²) < 4.78 is 3.33. The van der Waals surface area contributed by atoms with Crippen LogP contribution < -0.4 is 0 Å². The highest BCUT2D eigenvalue weighted by Gasteiger charge is 2.08. The number of hydrogen-bond donors (Lipinski definition) is 0. The third kappa shape index (κ3) is 2.41. The normalized spacial score (nSPS) is 10.5. The molecule has 0 aliphatic carbocycles. The van der Waals surface area contributed by atoms with Crippen LogP contribution in [0.5, 0.6) is 0 Å². The lowest BCUT2D eigenvalue weighted by Crippen LogP contribution is -1.84. The first-order chi connectivity index (χ1) is 7.59. The molecule has 0 unspecified atom stereocenters. The van der Waals surface area contributed by atoms with Gasteiger partial charge < -0.3 is 0 Å². The van der Waals surface area contributed by atoms with E-state index in [0.717, 1.165) is 13.4 Å². The van der Waals surface area contributed by atoms with Crippen molar-refractivity contribution in [1.82, 2.24) is 0 Å². The van der Waals surface area contributed by atoms with Crippen LogP contribution in [0.1, 0.15) is 5.56 Å². The van der Waals surface area contributed by atoms with E-state index in [2.05, 4.69) is 79.0 Å². The molecule has 0 atom stereocenters. The van der Waals surface area contributed by atoms with Gasteiger partial charge in [0, 0.05) is 13.4 Å². The molecule has 3 heteroatoms. The molecule has 2 aromatic rings. The molecule has 2 rings (SSSR count). The Balaban J connectivity index is 2.67. The maximum Gasteiger partial charge on any atom is 0.0283 e. The van der Waals surface area contributed by atoms with Crippen molar-refractivity contribution in [1.29, 1.82) is 0 Å². The Morgan fingerprint density at radius 2 is 1.62 bits per heavy atom. The molecule has 0 N–H and O–H groups in total. The Morgan fingerprint density at radius 1 is 0.875 bits per heavy atom. The Morgan fingerprint density at radius 3 is 2.38 bits per heavy atom. The van der Waals surface area contributed by atoms with Crippen molar-refractivity contribution >= 4 is 47.8 Å². The number of aryl methyl sites for hydroxylation is 1. The van der Waals surface area contributed by atoms with E-state index in [1.54, 1.807) is 0 Å². The molecule has 0 amide bonds. The molecule has 0 saturated carbocycles. The molecule has 0 aromatic heterocycles. The monoisotopic (exact) mass is 402 g/mol. The average molecular weight is 405 g/mol. The van der Waals surface area contributed by atoms with Crippen LogP contribution in [-0.2, 0) is 0 Å². The highest BCUT2D eigenvalue weighted by atomic mass is 79.9. The van der Waals surface area contributed by atoms with Gasteiger partial charge in [0.15, 0.2) is 0 Å². The van der Waals surface area contributed by atoms with E-state index in [-0.39, 0.29) is 0 Å². The van der Waals surface area contributed by atoms with Crippen molar-refractivity contribution in [3.63, 3.8) is 0 Å². The summed E-state index contributed by atoms with van der Waals surface area (Å²) in [4.78, 5) is 0. The summed E-state index contributed by atoms with van der Waals surface area (Å²) in [5.74, 6) is 0. The van der Waals surface area contributed by atoms with Gasteiger partial charge in [0.2, 0.25) is 0 Å². The molecule has 82 valence electrons. The Bertz CT molecular complexity index is 533. The minimum absolute atomic E-state index is 1.08. The summed E-state index contributed by atoms with van der Waals surface area (Å²) in [5, 5.41) is 0. The number of benzene rings is 2. The zero-order chi connectivity index (χ0) is 11.7. The van der Waals surface area contributed by atoms with Crippen molar-refractivity contribution in [3.05, 3.63) is 55.4 Å². The van der Waals surface area contributed by atoms with Crippen molar-refractivity contribution < 1.29 is 0 Å². The molecular weight excluding hydrogens is 396 g/mol. The van der Waals surface area contributed by atoms with Gasteiger partial charge in [0.05, 0.1) is 0 Å². The van der Waals surface area contributed by atoms with Crippen molar-refractivity contribution in [2.24, 2.45) is 0 Å². The highest BCUT2D eigenvalue weighted by Crippen LogP contribution is 2.36. The van der Waals surface area contributed by atoms with E-state index >= 15 is 0 Å². The van der Waals surface area contributed by atoms with Crippen LogP contribution in [0.2, 0.25) is 0 Å². The summed E-state index contributed by atoms with van der Waals surface area (Å²) in [5.41, 5.74) is 3.63. The van der Waals surface area contributed by atoms with E-state index in [1.807, 2.05) is 12.1 Å². The van der Waals surface area contributed by atoms with Crippen LogP contribution in [0, 0.1) is 6.92 Å². The van der Waals surface area contributed by atoms with Crippen LogP contribution >= 0.6 is 47.8 Å². The van der Waals surface area contributed by atoms with Gasteiger partial charge in [0.1, 0.15) is 0 Å². The maximum atomic E-state index is 3.64. The van der Waals surface area contributed by atoms with Gasteiger partial charge in [-0.05, 0) is 57.7 Å². The SMILES string of the molecule is Cc1cccc(-c2cc(Br)ccc2Br)c1Br. The zero-order valence-corrected chi connectivity index (χ0v) is 13.4. The lowest BCUT2D eigenvalue weighted by molar-refractivity contribution is 1.42. The lowest BCUT2D eigenvalue weighted by Gasteiger charge is -2.09. The van der Waals surface area contributed by atoms with Crippen LogP contribution in [0.4, 0.5) is 0 Å². The molecule has 0 bridgehead atoms. The Labute approximate surface area is 120 Å². The number of hydrogen-bond acceptors (Lipinski definition) is 0. The molecule has 0 saturated heterocycles. The van der Waals surface area contributed by atoms with E-state index in [4.69, 9.17) is 0 Å². The first-order valence-electron chi connectivity index (χ1n) is 4.80. The van der Waals surface area contributed by atoms with Gasteiger partial charge >= 0.3 is 0 Å². The molecular formula is C13H9Br3. The summed E-state index contributed by atoms with van der Waals surface area (Å²) in [6, 6.07) is 12.5. The largest absolute Gasteiger partial charge is 0.0613 e. The minimum Gasteiger partial charge on any atom is -0.0613 e. The first-order valence-corrected chi connectivity index (χ1v) is 7.18. The second kappa shape index (κ2) is 5.03. The smallest absolute Gasteiger partial charge is 0.0283 e. The molecule has 0 nitrogen and oxygen atoms in total. The molecule has 0 spiro atoms. The summed E-state index contributed by atoms with van der Waals surface area (Å²) >= 11 is 10.7. The van der Waals surface area contributed by atoms with Crippen LogP contribution in [-0.4, -0.2) is 0 Å². The fourth-order valence-electron chi connectivity index (χ4n) is 1.56. The van der Waals surface area contributed by atoms with Crippen molar-refractivity contribution in [3.8, 4) is 11.1 Å². The molecule has 2 aromatic carbocycles. The third-order valence-electron chi connectivity index (χ3n) is 2.41. The minimum atomic E-state index is 1.08. The zero-order valence-electron chi connectivity index (χ0n) is 8.60. The second-order valence-corrected chi connectivity index (χ2v) is 6.12. The molecule has 0 aliphatic rings. The third-order valence-corrected chi connectivity index (χ3v) is 4.65. The van der Waals surface area contributed by atoms with Crippen LogP contribution in [0.15, 0.2) is 49.8 Å². The van der Waals surface area contributed by atoms with Gasteiger partial charge in [-0.1, -0.05) is 50.1 Å². The fraction of sp³-hybridized carbons (Fsp3) is 0.0769. The molecule has 0 aliphatic heterocycles.